The molecule has 1 aromatic carbocycles. The second-order valence-electron chi connectivity index (χ2n) is 3.24. The first kappa shape index (κ1) is 11.4. The third-order valence-electron chi connectivity index (χ3n) is 1.95. The number of nitrogens with one attached hydrogen (secondary N) is 1. The molecule has 2 aromatic rings. The van der Waals surface area contributed by atoms with Crippen molar-refractivity contribution in [2.75, 3.05) is 5.32 Å². The Kier molecular flexibility index (Phi) is 2.97. The van der Waals surface area contributed by atoms with E-state index in [-0.39, 0.29) is 17.3 Å². The van der Waals surface area contributed by atoms with Gasteiger partial charge in [0.1, 0.15) is 5.75 Å². The molecule has 17 heavy (non-hydrogen) atoms. The van der Waals surface area contributed by atoms with Gasteiger partial charge in [0.05, 0.1) is 5.56 Å². The summed E-state index contributed by atoms with van der Waals surface area (Å²) >= 11 is 5.73. The SMILES string of the molecule is Cc1nnc(NC(=O)c2cc(Cl)ccc2O)o1. The number of aromatic hydroxyl groups is 1. The van der Waals surface area contributed by atoms with Gasteiger partial charge < -0.3 is 9.52 Å². The van der Waals surface area contributed by atoms with Crippen molar-refractivity contribution in [2.24, 2.45) is 0 Å². The van der Waals surface area contributed by atoms with E-state index in [1.807, 2.05) is 0 Å². The third-order valence-corrected chi connectivity index (χ3v) is 2.18. The molecule has 0 fully saturated rings. The number of phenolic OH excluding ortho intramolecular Hbond substituents is 1. The number of carbonyl (C=O) groups excluding carboxylic acids is 1. The monoisotopic (exact) mass is 253 g/mol. The van der Waals surface area contributed by atoms with E-state index in [4.69, 9.17) is 16.0 Å². The Morgan fingerprint density at radius 3 is 2.88 bits per heavy atom. The Hall–Kier alpha value is -2.08. The molecular formula is C10H8ClN3O3. The minimum Gasteiger partial charge on any atom is -0.507 e. The van der Waals surface area contributed by atoms with Crippen LogP contribution in [0.25, 0.3) is 0 Å². The van der Waals surface area contributed by atoms with Gasteiger partial charge in [-0.05, 0) is 18.2 Å². The van der Waals surface area contributed by atoms with Gasteiger partial charge in [0.15, 0.2) is 0 Å². The third kappa shape index (κ3) is 2.54. The number of hydrogen-bond acceptors (Lipinski definition) is 5. The fourth-order valence-electron chi connectivity index (χ4n) is 1.20. The largest absolute Gasteiger partial charge is 0.507 e. The average molecular weight is 254 g/mol. The number of aryl methyl sites for hydroxylation is 1. The van der Waals surface area contributed by atoms with Crippen molar-refractivity contribution < 1.29 is 14.3 Å². The van der Waals surface area contributed by atoms with Crippen LogP contribution in [0.3, 0.4) is 0 Å². The second-order valence-corrected chi connectivity index (χ2v) is 3.68. The van der Waals surface area contributed by atoms with Gasteiger partial charge in [-0.3, -0.25) is 10.1 Å². The predicted octanol–water partition coefficient (Wildman–Crippen LogP) is 1.99. The van der Waals surface area contributed by atoms with Gasteiger partial charge >= 0.3 is 6.01 Å². The minimum absolute atomic E-state index is 0.0353. The molecule has 7 heteroatoms. The lowest BCUT2D eigenvalue weighted by molar-refractivity contribution is 0.102. The normalized spacial score (nSPS) is 10.2. The molecular weight excluding hydrogens is 246 g/mol. The zero-order valence-electron chi connectivity index (χ0n) is 8.77. The number of aromatic nitrogens is 2. The van der Waals surface area contributed by atoms with Crippen molar-refractivity contribution in [2.45, 2.75) is 6.92 Å². The van der Waals surface area contributed by atoms with Crippen molar-refractivity contribution in [3.8, 4) is 5.75 Å². The van der Waals surface area contributed by atoms with Crippen LogP contribution in [-0.2, 0) is 0 Å². The van der Waals surface area contributed by atoms with Crippen LogP contribution in [0, 0.1) is 6.92 Å². The van der Waals surface area contributed by atoms with Crippen molar-refractivity contribution in [3.63, 3.8) is 0 Å². The molecule has 1 aromatic heterocycles. The summed E-state index contributed by atoms with van der Waals surface area (Å²) in [5, 5.41) is 19.3. The molecule has 0 saturated carbocycles. The van der Waals surface area contributed by atoms with Crippen LogP contribution in [0.2, 0.25) is 5.02 Å². The van der Waals surface area contributed by atoms with Gasteiger partial charge in [0.25, 0.3) is 5.91 Å². The highest BCUT2D eigenvalue weighted by Crippen LogP contribution is 2.22. The van der Waals surface area contributed by atoms with Gasteiger partial charge in [-0.1, -0.05) is 16.7 Å². The predicted molar refractivity (Wildman–Crippen MR) is 60.1 cm³/mol. The highest BCUT2D eigenvalue weighted by Gasteiger charge is 2.14. The summed E-state index contributed by atoms with van der Waals surface area (Å²) in [5.74, 6) is -0.424. The summed E-state index contributed by atoms with van der Waals surface area (Å²) < 4.78 is 4.98. The number of halogens is 1. The molecule has 88 valence electrons. The zero-order valence-corrected chi connectivity index (χ0v) is 9.52. The molecule has 2 N–H and O–H groups in total. The number of benzene rings is 1. The Bertz CT molecular complexity index is 568. The molecule has 0 aliphatic carbocycles. The van der Waals surface area contributed by atoms with Crippen LogP contribution in [0.15, 0.2) is 22.6 Å². The van der Waals surface area contributed by atoms with E-state index in [2.05, 4.69) is 15.5 Å². The Morgan fingerprint density at radius 1 is 1.47 bits per heavy atom. The Balaban J connectivity index is 2.22. The van der Waals surface area contributed by atoms with E-state index >= 15 is 0 Å². The first-order valence-electron chi connectivity index (χ1n) is 4.66. The maximum absolute atomic E-state index is 11.7. The fourth-order valence-corrected chi connectivity index (χ4v) is 1.37. The highest BCUT2D eigenvalue weighted by atomic mass is 35.5. The molecule has 0 spiro atoms. The van der Waals surface area contributed by atoms with Crippen LogP contribution in [0.5, 0.6) is 5.75 Å². The minimum atomic E-state index is -0.575. The van der Waals surface area contributed by atoms with E-state index in [1.54, 1.807) is 6.92 Å². The van der Waals surface area contributed by atoms with Crippen molar-refractivity contribution in [3.05, 3.63) is 34.7 Å². The van der Waals surface area contributed by atoms with Crippen LogP contribution in [-0.4, -0.2) is 21.2 Å². The maximum Gasteiger partial charge on any atom is 0.322 e. The number of carbonyl (C=O) groups is 1. The van der Waals surface area contributed by atoms with Gasteiger partial charge in [0, 0.05) is 11.9 Å². The molecule has 0 bridgehead atoms. The van der Waals surface area contributed by atoms with E-state index < -0.39 is 5.91 Å². The number of hydrogen-bond donors (Lipinski definition) is 2. The molecule has 0 aliphatic rings. The Morgan fingerprint density at radius 2 is 2.24 bits per heavy atom. The first-order valence-corrected chi connectivity index (χ1v) is 5.04. The molecule has 0 saturated heterocycles. The van der Waals surface area contributed by atoms with Crippen LogP contribution in [0.1, 0.15) is 16.2 Å². The number of amides is 1. The summed E-state index contributed by atoms with van der Waals surface area (Å²) in [7, 11) is 0. The van der Waals surface area contributed by atoms with E-state index in [1.165, 1.54) is 18.2 Å². The van der Waals surface area contributed by atoms with Gasteiger partial charge in [-0.25, -0.2) is 0 Å². The Labute approximate surface area is 101 Å². The number of rotatable bonds is 2. The van der Waals surface area contributed by atoms with Crippen molar-refractivity contribution in [1.29, 1.82) is 0 Å². The van der Waals surface area contributed by atoms with E-state index in [9.17, 15) is 9.90 Å². The molecule has 1 amide bonds. The maximum atomic E-state index is 11.7. The van der Waals surface area contributed by atoms with Gasteiger partial charge in [-0.2, -0.15) is 0 Å². The van der Waals surface area contributed by atoms with Crippen LogP contribution < -0.4 is 5.32 Å². The first-order chi connectivity index (χ1) is 8.06. The lowest BCUT2D eigenvalue weighted by atomic mass is 10.2. The molecule has 0 atom stereocenters. The molecule has 0 aliphatic heterocycles. The van der Waals surface area contributed by atoms with E-state index in [0.29, 0.717) is 10.9 Å². The molecule has 0 radical (unpaired) electrons. The van der Waals surface area contributed by atoms with Gasteiger partial charge in [-0.15, -0.1) is 5.10 Å². The standard InChI is InChI=1S/C10H8ClN3O3/c1-5-13-14-10(17-5)12-9(16)7-4-6(11)2-3-8(7)15/h2-4,15H,1H3,(H,12,14,16). The average Bonchev–Trinajstić information content (AvgIpc) is 2.67. The summed E-state index contributed by atoms with van der Waals surface area (Å²) in [6.45, 7) is 1.60. The molecule has 2 rings (SSSR count). The second kappa shape index (κ2) is 4.42. The van der Waals surface area contributed by atoms with E-state index in [0.717, 1.165) is 0 Å². The van der Waals surface area contributed by atoms with Crippen LogP contribution in [0.4, 0.5) is 6.01 Å². The number of nitrogens with zero attached hydrogens (tertiary/aromatic N) is 2. The topological polar surface area (TPSA) is 88.2 Å². The number of phenols is 1. The molecule has 6 nitrogen and oxygen atoms in total. The lowest BCUT2D eigenvalue weighted by Crippen LogP contribution is -2.12. The smallest absolute Gasteiger partial charge is 0.322 e. The molecule has 1 heterocycles. The van der Waals surface area contributed by atoms with Gasteiger partial charge in [0.2, 0.25) is 5.89 Å². The highest BCUT2D eigenvalue weighted by molar-refractivity contribution is 6.31. The molecule has 0 unspecified atom stereocenters. The number of anilines is 1. The fraction of sp³-hybridized carbons (Fsp3) is 0.100. The van der Waals surface area contributed by atoms with Crippen molar-refractivity contribution in [1.82, 2.24) is 10.2 Å². The summed E-state index contributed by atoms with van der Waals surface area (Å²) in [6, 6.07) is 4.11. The summed E-state index contributed by atoms with van der Waals surface area (Å²) in [5.41, 5.74) is 0.0355. The van der Waals surface area contributed by atoms with Crippen molar-refractivity contribution >= 4 is 23.5 Å². The lowest BCUT2D eigenvalue weighted by Gasteiger charge is -2.03. The van der Waals surface area contributed by atoms with Crippen LogP contribution >= 0.6 is 11.6 Å². The summed E-state index contributed by atoms with van der Waals surface area (Å²) in [6.07, 6.45) is 0. The zero-order chi connectivity index (χ0) is 12.4. The quantitative estimate of drug-likeness (QED) is 0.854. The summed E-state index contributed by atoms with van der Waals surface area (Å²) in [4.78, 5) is 11.7.